The largest absolute Gasteiger partial charge is 0.389 e. The summed E-state index contributed by atoms with van der Waals surface area (Å²) in [5.74, 6) is -0.0326. The van der Waals surface area contributed by atoms with Gasteiger partial charge in [0.05, 0.1) is 37.9 Å². The van der Waals surface area contributed by atoms with Gasteiger partial charge in [-0.15, -0.1) is 0 Å². The Kier molecular flexibility index (Phi) is 5.61. The molecule has 126 valence electrons. The van der Waals surface area contributed by atoms with Gasteiger partial charge in [0.25, 0.3) is 0 Å². The molecule has 2 aliphatic heterocycles. The van der Waals surface area contributed by atoms with Crippen LogP contribution in [0.3, 0.4) is 0 Å². The Balaban J connectivity index is 1.49. The highest BCUT2D eigenvalue weighted by molar-refractivity contribution is 5.90. The molecular weight excluding hydrogens is 296 g/mol. The molecule has 6 heteroatoms. The Hall–Kier alpha value is -1.47. The van der Waals surface area contributed by atoms with E-state index in [4.69, 9.17) is 9.47 Å². The van der Waals surface area contributed by atoms with Crippen LogP contribution in [0, 0.1) is 0 Å². The average Bonchev–Trinajstić information content (AvgIpc) is 2.53. The molecule has 2 fully saturated rings. The molecule has 0 radical (unpaired) electrons. The number of β-amino-alcohol motifs (C(OH)–C–C–N with tert-alkyl or cyclic N) is 1. The van der Waals surface area contributed by atoms with Crippen molar-refractivity contribution in [1.82, 2.24) is 5.32 Å². The number of carbonyl (C=O) groups is 1. The average molecular weight is 320 g/mol. The third-order valence-corrected chi connectivity index (χ3v) is 4.29. The lowest BCUT2D eigenvalue weighted by Crippen LogP contribution is -2.53. The van der Waals surface area contributed by atoms with E-state index in [1.807, 2.05) is 30.3 Å². The van der Waals surface area contributed by atoms with Gasteiger partial charge in [-0.1, -0.05) is 18.2 Å². The van der Waals surface area contributed by atoms with Gasteiger partial charge in [0.15, 0.2) is 0 Å². The molecule has 1 amide bonds. The highest BCUT2D eigenvalue weighted by Crippen LogP contribution is 2.23. The summed E-state index contributed by atoms with van der Waals surface area (Å²) in [4.78, 5) is 12.1. The van der Waals surface area contributed by atoms with E-state index in [9.17, 15) is 9.90 Å². The van der Waals surface area contributed by atoms with Crippen LogP contribution in [0.15, 0.2) is 30.3 Å². The van der Waals surface area contributed by atoms with Crippen LogP contribution in [0.1, 0.15) is 19.3 Å². The highest BCUT2D eigenvalue weighted by atomic mass is 16.5. The lowest BCUT2D eigenvalue weighted by Gasteiger charge is -2.38. The zero-order valence-corrected chi connectivity index (χ0v) is 13.1. The first kappa shape index (κ1) is 16.4. The van der Waals surface area contributed by atoms with E-state index in [2.05, 4.69) is 10.6 Å². The fraction of sp³-hybridized carbons (Fsp3) is 0.588. The number of rotatable bonds is 3. The van der Waals surface area contributed by atoms with Crippen molar-refractivity contribution in [1.29, 1.82) is 0 Å². The molecule has 0 bridgehead atoms. The van der Waals surface area contributed by atoms with E-state index in [-0.39, 0.29) is 24.2 Å². The van der Waals surface area contributed by atoms with Gasteiger partial charge in [-0.05, 0) is 25.0 Å². The number of nitrogens with one attached hydrogen (secondary N) is 2. The summed E-state index contributed by atoms with van der Waals surface area (Å²) in [6.45, 7) is 1.29. The molecule has 0 spiro atoms. The smallest absolute Gasteiger partial charge is 0.226 e. The van der Waals surface area contributed by atoms with Crippen molar-refractivity contribution >= 4 is 11.6 Å². The molecule has 6 nitrogen and oxygen atoms in total. The second-order valence-electron chi connectivity index (χ2n) is 6.20. The summed E-state index contributed by atoms with van der Waals surface area (Å²) < 4.78 is 11.5. The molecule has 2 heterocycles. The van der Waals surface area contributed by atoms with E-state index in [0.29, 0.717) is 26.2 Å². The summed E-state index contributed by atoms with van der Waals surface area (Å²) in [5.41, 5.74) is 0.802. The third kappa shape index (κ3) is 4.75. The van der Waals surface area contributed by atoms with Crippen molar-refractivity contribution in [3.05, 3.63) is 30.3 Å². The van der Waals surface area contributed by atoms with Crippen molar-refractivity contribution in [2.45, 2.75) is 43.6 Å². The number of para-hydroxylation sites is 1. The van der Waals surface area contributed by atoms with Gasteiger partial charge in [-0.2, -0.15) is 0 Å². The third-order valence-electron chi connectivity index (χ3n) is 4.29. The summed E-state index contributed by atoms with van der Waals surface area (Å²) in [6.07, 6.45) is 1.47. The van der Waals surface area contributed by atoms with Crippen LogP contribution >= 0.6 is 0 Å². The molecule has 2 aliphatic rings. The van der Waals surface area contributed by atoms with Crippen molar-refractivity contribution in [2.75, 3.05) is 25.1 Å². The Bertz CT molecular complexity index is 511. The van der Waals surface area contributed by atoms with E-state index >= 15 is 0 Å². The van der Waals surface area contributed by atoms with Crippen molar-refractivity contribution < 1.29 is 19.4 Å². The molecule has 4 atom stereocenters. The monoisotopic (exact) mass is 320 g/mol. The van der Waals surface area contributed by atoms with Crippen LogP contribution < -0.4 is 10.6 Å². The number of ether oxygens (including phenoxy) is 2. The van der Waals surface area contributed by atoms with E-state index in [0.717, 1.165) is 18.5 Å². The predicted octanol–water partition coefficient (Wildman–Crippen LogP) is 0.912. The Morgan fingerprint density at radius 3 is 2.91 bits per heavy atom. The van der Waals surface area contributed by atoms with Gasteiger partial charge in [0, 0.05) is 18.3 Å². The second kappa shape index (κ2) is 7.88. The van der Waals surface area contributed by atoms with Crippen molar-refractivity contribution in [2.24, 2.45) is 0 Å². The zero-order chi connectivity index (χ0) is 16.1. The number of hydrogen-bond donors (Lipinski definition) is 3. The topological polar surface area (TPSA) is 79.8 Å². The number of carbonyl (C=O) groups excluding carboxylic acids is 1. The van der Waals surface area contributed by atoms with Crippen LogP contribution in [-0.4, -0.2) is 55.1 Å². The Labute approximate surface area is 136 Å². The molecule has 0 unspecified atom stereocenters. The summed E-state index contributed by atoms with van der Waals surface area (Å²) in [6, 6.07) is 9.62. The number of anilines is 1. The minimum absolute atomic E-state index is 0.0326. The number of aliphatic hydroxyl groups excluding tert-OH is 1. The number of hydrogen-bond acceptors (Lipinski definition) is 5. The first-order chi connectivity index (χ1) is 11.2. The number of fused-ring (bicyclic) bond motifs is 1. The van der Waals surface area contributed by atoms with E-state index < -0.39 is 6.10 Å². The SMILES string of the molecule is O=C(C[C@@H]1CC[C@@H]2NC[C@@H](O)COC[C@H]2O1)Nc1ccccc1. The quantitative estimate of drug-likeness (QED) is 0.771. The Morgan fingerprint density at radius 1 is 1.26 bits per heavy atom. The first-order valence-electron chi connectivity index (χ1n) is 8.20. The minimum Gasteiger partial charge on any atom is -0.389 e. The van der Waals surface area contributed by atoms with Gasteiger partial charge in [0.1, 0.15) is 0 Å². The molecular formula is C17H24N2O4. The number of benzene rings is 1. The number of aliphatic hydroxyl groups is 1. The molecule has 23 heavy (non-hydrogen) atoms. The zero-order valence-electron chi connectivity index (χ0n) is 13.1. The molecule has 3 rings (SSSR count). The van der Waals surface area contributed by atoms with Gasteiger partial charge >= 0.3 is 0 Å². The van der Waals surface area contributed by atoms with Crippen LogP contribution in [0.5, 0.6) is 0 Å². The maximum atomic E-state index is 12.1. The lowest BCUT2D eigenvalue weighted by molar-refractivity contribution is -0.134. The fourth-order valence-corrected chi connectivity index (χ4v) is 3.11. The normalized spacial score (nSPS) is 31.5. The maximum Gasteiger partial charge on any atom is 0.226 e. The van der Waals surface area contributed by atoms with Gasteiger partial charge in [0.2, 0.25) is 5.91 Å². The highest BCUT2D eigenvalue weighted by Gasteiger charge is 2.33. The van der Waals surface area contributed by atoms with Crippen molar-refractivity contribution in [3.63, 3.8) is 0 Å². The van der Waals surface area contributed by atoms with E-state index in [1.54, 1.807) is 0 Å². The second-order valence-corrected chi connectivity index (χ2v) is 6.20. The number of amides is 1. The Morgan fingerprint density at radius 2 is 2.09 bits per heavy atom. The van der Waals surface area contributed by atoms with Gasteiger partial charge in [-0.3, -0.25) is 4.79 Å². The summed E-state index contributed by atoms with van der Waals surface area (Å²) >= 11 is 0. The molecule has 0 aromatic heterocycles. The maximum absolute atomic E-state index is 12.1. The molecule has 1 aromatic carbocycles. The molecule has 3 N–H and O–H groups in total. The summed E-state index contributed by atoms with van der Waals surface area (Å²) in [5, 5.41) is 15.9. The van der Waals surface area contributed by atoms with Crippen LogP contribution in [0.4, 0.5) is 5.69 Å². The molecule has 1 aromatic rings. The minimum atomic E-state index is -0.467. The molecule has 0 saturated carbocycles. The summed E-state index contributed by atoms with van der Waals surface area (Å²) in [7, 11) is 0. The first-order valence-corrected chi connectivity index (χ1v) is 8.20. The van der Waals surface area contributed by atoms with Crippen molar-refractivity contribution in [3.8, 4) is 0 Å². The van der Waals surface area contributed by atoms with Gasteiger partial charge < -0.3 is 25.2 Å². The van der Waals surface area contributed by atoms with Crippen LogP contribution in [-0.2, 0) is 14.3 Å². The predicted molar refractivity (Wildman–Crippen MR) is 86.2 cm³/mol. The fourth-order valence-electron chi connectivity index (χ4n) is 3.11. The molecule has 2 saturated heterocycles. The van der Waals surface area contributed by atoms with Crippen LogP contribution in [0.25, 0.3) is 0 Å². The lowest BCUT2D eigenvalue weighted by atomic mass is 9.96. The standard InChI is InChI=1S/C17H24N2O4/c20-13-9-18-15-7-6-14(23-16(15)11-22-10-13)8-17(21)19-12-4-2-1-3-5-12/h1-5,13-16,18,20H,6-11H2,(H,19,21)/t13-,14+,15+,16-/m1/s1. The van der Waals surface area contributed by atoms with Crippen LogP contribution in [0.2, 0.25) is 0 Å². The molecule has 0 aliphatic carbocycles. The van der Waals surface area contributed by atoms with E-state index in [1.165, 1.54) is 0 Å². The van der Waals surface area contributed by atoms with Gasteiger partial charge in [-0.25, -0.2) is 0 Å².